The van der Waals surface area contributed by atoms with E-state index in [4.69, 9.17) is 4.98 Å². The minimum absolute atomic E-state index is 0.0725. The average Bonchev–Trinajstić information content (AvgIpc) is 3.24. The zero-order valence-corrected chi connectivity index (χ0v) is 19.5. The van der Waals surface area contributed by atoms with Crippen LogP contribution >= 0.6 is 15.9 Å². The number of rotatable bonds is 4. The molecule has 2 heterocycles. The smallest absolute Gasteiger partial charge is 0.282 e. The van der Waals surface area contributed by atoms with Crippen LogP contribution in [0.3, 0.4) is 0 Å². The molecule has 0 N–H and O–H groups in total. The maximum atomic E-state index is 13.2. The van der Waals surface area contributed by atoms with Gasteiger partial charge in [-0.05, 0) is 73.7 Å². The lowest BCUT2D eigenvalue weighted by molar-refractivity contribution is 0.665. The summed E-state index contributed by atoms with van der Waals surface area (Å²) in [4.78, 5) is 20.4. The molecule has 3 aromatic rings. The minimum Gasteiger partial charge on any atom is -0.371 e. The lowest BCUT2D eigenvalue weighted by atomic mass is 10.0. The van der Waals surface area contributed by atoms with Gasteiger partial charge in [0, 0.05) is 29.2 Å². The molecule has 0 saturated carbocycles. The number of hydrogen-bond acceptors (Lipinski definition) is 4. The molecule has 1 aliphatic heterocycles. The largest absolute Gasteiger partial charge is 0.371 e. The van der Waals surface area contributed by atoms with Crippen LogP contribution in [0.4, 0.5) is 5.69 Å². The maximum absolute atomic E-state index is 13.2. The molecule has 5 nitrogen and oxygen atoms in total. The monoisotopic (exact) mass is 466 g/mol. The number of benzene rings is 2. The standard InChI is InChI=1S/C24H27BrN4O/c1-15(2)23-27-21-8-7-19(25)13-20(21)24(30)29(23)26-14-18-11-17(4)22(12-16(18)3)28-9-5-6-10-28/h7-8,11-15H,5-6,9-10H2,1-4H3. The number of hydrogen-bond donors (Lipinski definition) is 0. The van der Waals surface area contributed by atoms with E-state index in [0.29, 0.717) is 16.7 Å². The SMILES string of the molecule is Cc1cc(N2CCCC2)c(C)cc1C=Nn1c(C(C)C)nc2ccc(Br)cc2c1=O. The second-order valence-electron chi connectivity index (χ2n) is 8.34. The van der Waals surface area contributed by atoms with Crippen molar-refractivity contribution < 1.29 is 0 Å². The zero-order valence-electron chi connectivity index (χ0n) is 17.9. The van der Waals surface area contributed by atoms with Gasteiger partial charge in [-0.25, -0.2) is 4.98 Å². The Bertz CT molecular complexity index is 1190. The summed E-state index contributed by atoms with van der Waals surface area (Å²) in [6, 6.07) is 9.98. The van der Waals surface area contributed by atoms with E-state index in [1.807, 2.05) is 26.0 Å². The number of fused-ring (bicyclic) bond motifs is 1. The van der Waals surface area contributed by atoms with Crippen molar-refractivity contribution in [1.29, 1.82) is 0 Å². The van der Waals surface area contributed by atoms with Crippen molar-refractivity contribution in [2.45, 2.75) is 46.5 Å². The topological polar surface area (TPSA) is 50.5 Å². The number of nitrogens with zero attached hydrogens (tertiary/aromatic N) is 4. The molecule has 4 rings (SSSR count). The molecule has 1 fully saturated rings. The van der Waals surface area contributed by atoms with Crippen molar-refractivity contribution in [2.24, 2.45) is 5.10 Å². The van der Waals surface area contributed by atoms with E-state index in [2.05, 4.69) is 51.9 Å². The molecule has 0 bridgehead atoms. The number of aryl methyl sites for hydroxylation is 2. The van der Waals surface area contributed by atoms with E-state index < -0.39 is 0 Å². The second-order valence-corrected chi connectivity index (χ2v) is 9.25. The molecule has 0 amide bonds. The summed E-state index contributed by atoms with van der Waals surface area (Å²) in [5.41, 5.74) is 5.26. The average molecular weight is 467 g/mol. The minimum atomic E-state index is -0.149. The van der Waals surface area contributed by atoms with E-state index >= 15 is 0 Å². The highest BCUT2D eigenvalue weighted by Gasteiger charge is 2.16. The molecule has 6 heteroatoms. The van der Waals surface area contributed by atoms with E-state index in [-0.39, 0.29) is 11.5 Å². The molecular formula is C24H27BrN4O. The highest BCUT2D eigenvalue weighted by Crippen LogP contribution is 2.27. The summed E-state index contributed by atoms with van der Waals surface area (Å²) in [6.07, 6.45) is 4.30. The van der Waals surface area contributed by atoms with Crippen molar-refractivity contribution in [2.75, 3.05) is 18.0 Å². The number of aromatic nitrogens is 2. The third-order valence-corrected chi connectivity index (χ3v) is 6.19. The van der Waals surface area contributed by atoms with Gasteiger partial charge in [-0.2, -0.15) is 9.78 Å². The third-order valence-electron chi connectivity index (χ3n) is 5.69. The van der Waals surface area contributed by atoms with Crippen LogP contribution in [0.15, 0.2) is 44.7 Å². The fraction of sp³-hybridized carbons (Fsp3) is 0.375. The Kier molecular flexibility index (Phi) is 5.78. The van der Waals surface area contributed by atoms with Gasteiger partial charge in [-0.3, -0.25) is 4.79 Å². The molecule has 0 aliphatic carbocycles. The summed E-state index contributed by atoms with van der Waals surface area (Å²) >= 11 is 3.45. The van der Waals surface area contributed by atoms with E-state index in [9.17, 15) is 4.79 Å². The Morgan fingerprint density at radius 2 is 1.83 bits per heavy atom. The Labute approximate surface area is 185 Å². The molecule has 0 spiro atoms. The molecule has 1 aliphatic rings. The van der Waals surface area contributed by atoms with Gasteiger partial charge in [-0.15, -0.1) is 0 Å². The van der Waals surface area contributed by atoms with E-state index in [1.165, 1.54) is 28.8 Å². The highest BCUT2D eigenvalue weighted by atomic mass is 79.9. The second kappa shape index (κ2) is 8.34. The molecule has 30 heavy (non-hydrogen) atoms. The predicted molar refractivity (Wildman–Crippen MR) is 128 cm³/mol. The quantitative estimate of drug-likeness (QED) is 0.484. The van der Waals surface area contributed by atoms with Crippen molar-refractivity contribution >= 4 is 38.7 Å². The van der Waals surface area contributed by atoms with Crippen LogP contribution < -0.4 is 10.5 Å². The lowest BCUT2D eigenvalue weighted by Crippen LogP contribution is -2.23. The molecule has 0 radical (unpaired) electrons. The van der Waals surface area contributed by atoms with Crippen LogP contribution in [0, 0.1) is 13.8 Å². The van der Waals surface area contributed by atoms with Crippen LogP contribution in [0.5, 0.6) is 0 Å². The molecule has 156 valence electrons. The molecule has 0 atom stereocenters. The molecule has 1 saturated heterocycles. The highest BCUT2D eigenvalue weighted by molar-refractivity contribution is 9.10. The number of anilines is 1. The summed E-state index contributed by atoms with van der Waals surface area (Å²) in [5.74, 6) is 0.734. The maximum Gasteiger partial charge on any atom is 0.282 e. The Hall–Kier alpha value is -2.47. The third kappa shape index (κ3) is 3.93. The summed E-state index contributed by atoms with van der Waals surface area (Å²) in [5, 5.41) is 5.15. The first-order valence-electron chi connectivity index (χ1n) is 10.5. The van der Waals surface area contributed by atoms with Gasteiger partial charge in [0.15, 0.2) is 0 Å². The van der Waals surface area contributed by atoms with Gasteiger partial charge in [0.2, 0.25) is 0 Å². The fourth-order valence-electron chi connectivity index (χ4n) is 4.03. The Morgan fingerprint density at radius 3 is 2.53 bits per heavy atom. The zero-order chi connectivity index (χ0) is 21.4. The van der Waals surface area contributed by atoms with Gasteiger partial charge in [0.1, 0.15) is 5.82 Å². The normalized spacial score (nSPS) is 14.5. The Morgan fingerprint density at radius 1 is 1.10 bits per heavy atom. The van der Waals surface area contributed by atoms with E-state index in [0.717, 1.165) is 28.7 Å². The van der Waals surface area contributed by atoms with Crippen LogP contribution in [-0.4, -0.2) is 29.0 Å². The summed E-state index contributed by atoms with van der Waals surface area (Å²) in [6.45, 7) is 10.5. The van der Waals surface area contributed by atoms with Crippen LogP contribution in [0.25, 0.3) is 10.9 Å². The van der Waals surface area contributed by atoms with Crippen LogP contribution in [0.2, 0.25) is 0 Å². The predicted octanol–water partition coefficient (Wildman–Crippen LogP) is 5.38. The molecule has 0 unspecified atom stereocenters. The first-order chi connectivity index (χ1) is 14.3. The van der Waals surface area contributed by atoms with Crippen molar-refractivity contribution in [3.63, 3.8) is 0 Å². The Balaban J connectivity index is 1.78. The van der Waals surface area contributed by atoms with Crippen molar-refractivity contribution in [1.82, 2.24) is 9.66 Å². The molecular weight excluding hydrogens is 440 g/mol. The van der Waals surface area contributed by atoms with E-state index in [1.54, 1.807) is 12.3 Å². The van der Waals surface area contributed by atoms with Gasteiger partial charge in [0.25, 0.3) is 5.56 Å². The first-order valence-corrected chi connectivity index (χ1v) is 11.3. The summed E-state index contributed by atoms with van der Waals surface area (Å²) in [7, 11) is 0. The van der Waals surface area contributed by atoms with Gasteiger partial charge in [-0.1, -0.05) is 29.8 Å². The number of halogens is 1. The van der Waals surface area contributed by atoms with Crippen LogP contribution in [0.1, 0.15) is 55.1 Å². The van der Waals surface area contributed by atoms with Crippen molar-refractivity contribution in [3.8, 4) is 0 Å². The van der Waals surface area contributed by atoms with Crippen molar-refractivity contribution in [3.05, 3.63) is 67.7 Å². The molecule has 1 aromatic heterocycles. The van der Waals surface area contributed by atoms with Gasteiger partial charge in [0.05, 0.1) is 17.1 Å². The van der Waals surface area contributed by atoms with Gasteiger partial charge < -0.3 is 4.90 Å². The molecule has 2 aromatic carbocycles. The van der Waals surface area contributed by atoms with Crippen LogP contribution in [-0.2, 0) is 0 Å². The lowest BCUT2D eigenvalue weighted by Gasteiger charge is -2.21. The first kappa shape index (κ1) is 20.8. The fourth-order valence-corrected chi connectivity index (χ4v) is 4.39. The van der Waals surface area contributed by atoms with Gasteiger partial charge >= 0.3 is 0 Å². The summed E-state index contributed by atoms with van der Waals surface area (Å²) < 4.78 is 2.30.